The van der Waals surface area contributed by atoms with Crippen molar-refractivity contribution in [2.45, 2.75) is 20.3 Å². The van der Waals surface area contributed by atoms with E-state index >= 15 is 0 Å². The molecule has 0 aliphatic carbocycles. The molecular formula is C12H23N5O2. The minimum Gasteiger partial charge on any atom is -0.382 e. The second-order valence-electron chi connectivity index (χ2n) is 3.99. The van der Waals surface area contributed by atoms with E-state index < -0.39 is 0 Å². The summed E-state index contributed by atoms with van der Waals surface area (Å²) in [5, 5.41) is 3.23. The first-order valence-electron chi connectivity index (χ1n) is 6.37. The number of rotatable bonds is 9. The molecule has 1 rings (SSSR count). The van der Waals surface area contributed by atoms with Crippen molar-refractivity contribution in [2.24, 2.45) is 5.84 Å². The van der Waals surface area contributed by atoms with E-state index in [1.54, 1.807) is 7.11 Å². The molecule has 108 valence electrons. The van der Waals surface area contributed by atoms with Crippen LogP contribution >= 0.6 is 0 Å². The molecule has 0 aliphatic heterocycles. The van der Waals surface area contributed by atoms with Crippen molar-refractivity contribution in [3.63, 3.8) is 0 Å². The summed E-state index contributed by atoms with van der Waals surface area (Å²) in [4.78, 5) is 8.74. The molecule has 4 N–H and O–H groups in total. The van der Waals surface area contributed by atoms with Crippen molar-refractivity contribution in [3.8, 4) is 0 Å². The first-order valence-corrected chi connectivity index (χ1v) is 6.37. The zero-order chi connectivity index (χ0) is 14.1. The predicted molar refractivity (Wildman–Crippen MR) is 75.1 cm³/mol. The molecule has 0 unspecified atom stereocenters. The van der Waals surface area contributed by atoms with Gasteiger partial charge in [-0.05, 0) is 6.92 Å². The van der Waals surface area contributed by atoms with Crippen LogP contribution in [0.2, 0.25) is 0 Å². The lowest BCUT2D eigenvalue weighted by Gasteiger charge is -2.13. The number of hydrazine groups is 1. The van der Waals surface area contributed by atoms with Crippen LogP contribution in [-0.2, 0) is 15.9 Å². The van der Waals surface area contributed by atoms with Crippen LogP contribution < -0.4 is 16.6 Å². The lowest BCUT2D eigenvalue weighted by Crippen LogP contribution is -2.17. The number of nitrogens with one attached hydrogen (secondary N) is 2. The number of nitrogens with zero attached hydrogens (tertiary/aromatic N) is 2. The van der Waals surface area contributed by atoms with E-state index in [1.807, 2.05) is 13.8 Å². The van der Waals surface area contributed by atoms with Crippen molar-refractivity contribution in [2.75, 3.05) is 44.2 Å². The molecule has 7 heteroatoms. The van der Waals surface area contributed by atoms with Gasteiger partial charge in [0.05, 0.1) is 19.8 Å². The Labute approximate surface area is 113 Å². The number of hydrogen-bond donors (Lipinski definition) is 3. The van der Waals surface area contributed by atoms with E-state index in [0.717, 1.165) is 23.6 Å². The summed E-state index contributed by atoms with van der Waals surface area (Å²) in [6.45, 7) is 6.39. The Kier molecular flexibility index (Phi) is 7.09. The van der Waals surface area contributed by atoms with Gasteiger partial charge < -0.3 is 20.2 Å². The van der Waals surface area contributed by atoms with Gasteiger partial charge in [-0.25, -0.2) is 15.8 Å². The fraction of sp³-hybridized carbons (Fsp3) is 0.667. The Balaban J connectivity index is 2.52. The molecule has 0 aliphatic rings. The molecule has 0 bridgehead atoms. The minimum atomic E-state index is 0.594. The Morgan fingerprint density at radius 2 is 1.89 bits per heavy atom. The fourth-order valence-corrected chi connectivity index (χ4v) is 1.52. The van der Waals surface area contributed by atoms with E-state index in [4.69, 9.17) is 15.3 Å². The molecule has 1 aromatic rings. The largest absolute Gasteiger partial charge is 0.382 e. The van der Waals surface area contributed by atoms with E-state index in [-0.39, 0.29) is 0 Å². The third-order valence-corrected chi connectivity index (χ3v) is 2.62. The van der Waals surface area contributed by atoms with Gasteiger partial charge in [0.15, 0.2) is 0 Å². The van der Waals surface area contributed by atoms with Gasteiger partial charge in [-0.1, -0.05) is 6.92 Å². The molecule has 1 aromatic heterocycles. The molecule has 0 aromatic carbocycles. The highest BCUT2D eigenvalue weighted by Crippen LogP contribution is 2.18. The highest BCUT2D eigenvalue weighted by atomic mass is 16.5. The summed E-state index contributed by atoms with van der Waals surface area (Å²) < 4.78 is 10.3. The average Bonchev–Trinajstić information content (AvgIpc) is 2.44. The number of aromatic nitrogens is 2. The molecule has 0 atom stereocenters. The quantitative estimate of drug-likeness (QED) is 0.345. The van der Waals surface area contributed by atoms with E-state index in [2.05, 4.69) is 20.7 Å². The Morgan fingerprint density at radius 3 is 2.53 bits per heavy atom. The maximum absolute atomic E-state index is 5.45. The predicted octanol–water partition coefficient (Wildman–Crippen LogP) is 0.708. The molecular weight excluding hydrogens is 246 g/mol. The number of nitrogen functional groups attached to an aromatic ring is 1. The summed E-state index contributed by atoms with van der Waals surface area (Å²) in [6, 6.07) is 0. The van der Waals surface area contributed by atoms with Gasteiger partial charge in [0.1, 0.15) is 17.5 Å². The Hall–Kier alpha value is -1.44. The summed E-state index contributed by atoms with van der Waals surface area (Å²) >= 11 is 0. The van der Waals surface area contributed by atoms with Crippen molar-refractivity contribution in [1.82, 2.24) is 9.97 Å². The summed E-state index contributed by atoms with van der Waals surface area (Å²) in [5.41, 5.74) is 3.49. The van der Waals surface area contributed by atoms with Gasteiger partial charge >= 0.3 is 0 Å². The van der Waals surface area contributed by atoms with Crippen LogP contribution in [-0.4, -0.2) is 43.4 Å². The first kappa shape index (κ1) is 15.6. The van der Waals surface area contributed by atoms with Crippen molar-refractivity contribution >= 4 is 11.6 Å². The molecule has 0 saturated carbocycles. The molecule has 1 heterocycles. The van der Waals surface area contributed by atoms with Crippen LogP contribution in [0.15, 0.2) is 0 Å². The second kappa shape index (κ2) is 8.63. The molecule has 0 radical (unpaired) electrons. The second-order valence-corrected chi connectivity index (χ2v) is 3.99. The topological polar surface area (TPSA) is 94.3 Å². The van der Waals surface area contributed by atoms with Crippen LogP contribution in [0.25, 0.3) is 0 Å². The highest BCUT2D eigenvalue weighted by molar-refractivity contribution is 5.56. The standard InChI is InChI=1S/C12H23N5O2/c1-4-10-15-11(9(2)12(16-10)17-13)14-5-6-19-8-7-18-3/h4-8,13H2,1-3H3,(H2,14,15,16,17). The molecule has 0 amide bonds. The van der Waals surface area contributed by atoms with Crippen LogP contribution in [0.5, 0.6) is 0 Å². The monoisotopic (exact) mass is 269 g/mol. The maximum atomic E-state index is 5.45. The van der Waals surface area contributed by atoms with Crippen LogP contribution in [0.3, 0.4) is 0 Å². The van der Waals surface area contributed by atoms with E-state index in [1.165, 1.54) is 0 Å². The van der Waals surface area contributed by atoms with Gasteiger partial charge in [-0.2, -0.15) is 0 Å². The fourth-order valence-electron chi connectivity index (χ4n) is 1.52. The maximum Gasteiger partial charge on any atom is 0.148 e. The van der Waals surface area contributed by atoms with Gasteiger partial charge in [-0.15, -0.1) is 0 Å². The van der Waals surface area contributed by atoms with Crippen molar-refractivity contribution in [3.05, 3.63) is 11.4 Å². The number of methoxy groups -OCH3 is 1. The average molecular weight is 269 g/mol. The van der Waals surface area contributed by atoms with Gasteiger partial charge in [-0.3, -0.25) is 0 Å². The number of aryl methyl sites for hydroxylation is 1. The third kappa shape index (κ3) is 4.98. The van der Waals surface area contributed by atoms with E-state index in [9.17, 15) is 0 Å². The number of hydrogen-bond acceptors (Lipinski definition) is 7. The Morgan fingerprint density at radius 1 is 1.16 bits per heavy atom. The van der Waals surface area contributed by atoms with Gasteiger partial charge in [0, 0.05) is 25.6 Å². The van der Waals surface area contributed by atoms with Crippen LogP contribution in [0.1, 0.15) is 18.3 Å². The molecule has 0 fully saturated rings. The molecule has 7 nitrogen and oxygen atoms in total. The lowest BCUT2D eigenvalue weighted by molar-refractivity contribution is 0.0759. The number of ether oxygens (including phenoxy) is 2. The van der Waals surface area contributed by atoms with Crippen LogP contribution in [0, 0.1) is 6.92 Å². The molecule has 0 saturated heterocycles. The summed E-state index contributed by atoms with van der Waals surface area (Å²) in [5.74, 6) is 7.63. The van der Waals surface area contributed by atoms with Gasteiger partial charge in [0.25, 0.3) is 0 Å². The molecule has 19 heavy (non-hydrogen) atoms. The number of nitrogens with two attached hydrogens (primary N) is 1. The summed E-state index contributed by atoms with van der Waals surface area (Å²) in [6.07, 6.45) is 0.758. The first-order chi connectivity index (χ1) is 9.22. The van der Waals surface area contributed by atoms with Crippen LogP contribution in [0.4, 0.5) is 11.6 Å². The SMILES string of the molecule is CCc1nc(NN)c(C)c(NCCOCCOC)n1. The summed E-state index contributed by atoms with van der Waals surface area (Å²) in [7, 11) is 1.65. The highest BCUT2D eigenvalue weighted by Gasteiger charge is 2.08. The van der Waals surface area contributed by atoms with Crippen molar-refractivity contribution < 1.29 is 9.47 Å². The zero-order valence-electron chi connectivity index (χ0n) is 11.8. The van der Waals surface area contributed by atoms with Gasteiger partial charge in [0.2, 0.25) is 0 Å². The Bertz CT molecular complexity index is 387. The number of anilines is 2. The zero-order valence-corrected chi connectivity index (χ0v) is 11.8. The third-order valence-electron chi connectivity index (χ3n) is 2.62. The molecule has 0 spiro atoms. The lowest BCUT2D eigenvalue weighted by atomic mass is 10.3. The van der Waals surface area contributed by atoms with Crippen molar-refractivity contribution in [1.29, 1.82) is 0 Å². The van der Waals surface area contributed by atoms with E-state index in [0.29, 0.717) is 32.2 Å². The normalized spacial score (nSPS) is 10.5. The minimum absolute atomic E-state index is 0.594. The smallest absolute Gasteiger partial charge is 0.148 e.